The number of rotatable bonds is 6. The van der Waals surface area contributed by atoms with E-state index < -0.39 is 0 Å². The third-order valence-electron chi connectivity index (χ3n) is 4.26. The Morgan fingerprint density at radius 3 is 2.96 bits per heavy atom. The van der Waals surface area contributed by atoms with Crippen molar-refractivity contribution in [1.82, 2.24) is 25.5 Å². The fraction of sp³-hybridized carbons (Fsp3) is 0.500. The highest BCUT2D eigenvalue weighted by molar-refractivity contribution is 5.91. The molecule has 3 rings (SSSR count). The van der Waals surface area contributed by atoms with Gasteiger partial charge in [-0.25, -0.2) is 0 Å². The lowest BCUT2D eigenvalue weighted by molar-refractivity contribution is -0.116. The molecule has 1 aromatic heterocycles. The predicted octanol–water partition coefficient (Wildman–Crippen LogP) is 1.73. The van der Waals surface area contributed by atoms with Crippen molar-refractivity contribution in [2.24, 2.45) is 5.92 Å². The van der Waals surface area contributed by atoms with E-state index in [0.29, 0.717) is 35.3 Å². The minimum Gasteiger partial charge on any atom is -0.494 e. The lowest BCUT2D eigenvalue weighted by Gasteiger charge is -2.12. The van der Waals surface area contributed by atoms with Crippen LogP contribution in [0.4, 0.5) is 5.69 Å². The Morgan fingerprint density at radius 1 is 1.48 bits per heavy atom. The van der Waals surface area contributed by atoms with Crippen LogP contribution in [0.2, 0.25) is 0 Å². The molecule has 1 amide bonds. The summed E-state index contributed by atoms with van der Waals surface area (Å²) in [5.74, 6) is 1.91. The van der Waals surface area contributed by atoms with Gasteiger partial charge in [0.2, 0.25) is 5.91 Å². The number of amides is 1. The molecule has 136 valence electrons. The number of ether oxygens (including phenoxy) is 1. The van der Waals surface area contributed by atoms with E-state index >= 15 is 0 Å². The Balaban J connectivity index is 0.00000225. The van der Waals surface area contributed by atoms with E-state index in [2.05, 4.69) is 26.2 Å². The third-order valence-corrected chi connectivity index (χ3v) is 4.26. The molecule has 1 aromatic carbocycles. The fourth-order valence-corrected chi connectivity index (χ4v) is 2.91. The van der Waals surface area contributed by atoms with Gasteiger partial charge in [-0.05, 0) is 67.4 Å². The van der Waals surface area contributed by atoms with Crippen LogP contribution in [0.5, 0.6) is 5.75 Å². The second kappa shape index (κ2) is 8.77. The van der Waals surface area contributed by atoms with Gasteiger partial charge >= 0.3 is 0 Å². The molecule has 2 aromatic rings. The molecule has 2 N–H and O–H groups in total. The van der Waals surface area contributed by atoms with Crippen LogP contribution < -0.4 is 15.4 Å². The van der Waals surface area contributed by atoms with E-state index in [1.165, 1.54) is 0 Å². The fourth-order valence-electron chi connectivity index (χ4n) is 2.91. The predicted molar refractivity (Wildman–Crippen MR) is 96.5 cm³/mol. The average molecular weight is 367 g/mol. The molecule has 1 fully saturated rings. The maximum Gasteiger partial charge on any atom is 0.224 e. The number of hydrogen-bond acceptors (Lipinski definition) is 6. The molecule has 1 unspecified atom stereocenters. The number of methoxy groups -OCH3 is 1. The summed E-state index contributed by atoms with van der Waals surface area (Å²) in [6, 6.07) is 5.43. The van der Waals surface area contributed by atoms with Gasteiger partial charge in [-0.2, -0.15) is 4.68 Å². The van der Waals surface area contributed by atoms with Crippen molar-refractivity contribution < 1.29 is 9.53 Å². The number of benzene rings is 1. The molecule has 2 heterocycles. The smallest absolute Gasteiger partial charge is 0.224 e. The van der Waals surface area contributed by atoms with E-state index in [4.69, 9.17) is 4.74 Å². The maximum atomic E-state index is 12.2. The van der Waals surface area contributed by atoms with Gasteiger partial charge in [-0.1, -0.05) is 0 Å². The molecule has 8 nitrogen and oxygen atoms in total. The quantitative estimate of drug-likeness (QED) is 0.808. The van der Waals surface area contributed by atoms with Crippen LogP contribution in [-0.2, 0) is 4.79 Å². The lowest BCUT2D eigenvalue weighted by atomic mass is 10.0. The summed E-state index contributed by atoms with van der Waals surface area (Å²) in [6.45, 7) is 3.87. The van der Waals surface area contributed by atoms with Gasteiger partial charge in [0.25, 0.3) is 0 Å². The average Bonchev–Trinajstić information content (AvgIpc) is 3.24. The summed E-state index contributed by atoms with van der Waals surface area (Å²) in [5.41, 5.74) is 1.40. The minimum absolute atomic E-state index is 0. The zero-order valence-electron chi connectivity index (χ0n) is 14.4. The Kier molecular flexibility index (Phi) is 6.72. The SMILES string of the molecule is COc1ccc(NC(=O)CCC2CCNC2)cc1-n1nnnc1C.Cl. The zero-order chi connectivity index (χ0) is 16.9. The molecule has 1 aliphatic rings. The molecule has 0 saturated carbocycles. The first-order chi connectivity index (χ1) is 11.7. The van der Waals surface area contributed by atoms with Crippen LogP contribution >= 0.6 is 12.4 Å². The number of aromatic nitrogens is 4. The highest BCUT2D eigenvalue weighted by Gasteiger charge is 2.16. The van der Waals surface area contributed by atoms with E-state index in [0.717, 1.165) is 25.9 Å². The Bertz CT molecular complexity index is 714. The van der Waals surface area contributed by atoms with Crippen molar-refractivity contribution in [2.45, 2.75) is 26.2 Å². The summed E-state index contributed by atoms with van der Waals surface area (Å²) in [5, 5.41) is 17.8. The number of nitrogens with zero attached hydrogens (tertiary/aromatic N) is 4. The van der Waals surface area contributed by atoms with Crippen molar-refractivity contribution in [3.8, 4) is 11.4 Å². The summed E-state index contributed by atoms with van der Waals surface area (Å²) < 4.78 is 6.95. The molecule has 1 aliphatic heterocycles. The maximum absolute atomic E-state index is 12.2. The summed E-state index contributed by atoms with van der Waals surface area (Å²) >= 11 is 0. The van der Waals surface area contributed by atoms with Crippen LogP contribution in [-0.4, -0.2) is 46.3 Å². The van der Waals surface area contributed by atoms with Gasteiger partial charge in [0.15, 0.2) is 5.82 Å². The first kappa shape index (κ1) is 19.1. The molecule has 0 bridgehead atoms. The molecule has 0 radical (unpaired) electrons. The number of tetrazole rings is 1. The van der Waals surface area contributed by atoms with Crippen molar-refractivity contribution in [3.05, 3.63) is 24.0 Å². The standard InChI is InChI=1S/C16H22N6O2.ClH/c1-11-19-20-21-22(11)14-9-13(4-5-15(14)24-2)18-16(23)6-3-12-7-8-17-10-12;/h4-5,9,12,17H,3,6-8,10H2,1-2H3,(H,18,23);1H. The number of carbonyl (C=O) groups is 1. The second-order valence-electron chi connectivity index (χ2n) is 5.97. The molecule has 0 aliphatic carbocycles. The number of anilines is 1. The summed E-state index contributed by atoms with van der Waals surface area (Å²) in [4.78, 5) is 12.2. The Morgan fingerprint density at radius 2 is 2.32 bits per heavy atom. The van der Waals surface area contributed by atoms with Crippen LogP contribution in [0.15, 0.2) is 18.2 Å². The summed E-state index contributed by atoms with van der Waals surface area (Å²) in [6.07, 6.45) is 2.59. The zero-order valence-corrected chi connectivity index (χ0v) is 15.2. The van der Waals surface area contributed by atoms with E-state index in [9.17, 15) is 4.79 Å². The highest BCUT2D eigenvalue weighted by atomic mass is 35.5. The van der Waals surface area contributed by atoms with Crippen LogP contribution in [0, 0.1) is 12.8 Å². The molecule has 25 heavy (non-hydrogen) atoms. The second-order valence-corrected chi connectivity index (χ2v) is 5.97. The number of halogens is 1. The van der Waals surface area contributed by atoms with Crippen LogP contribution in [0.3, 0.4) is 0 Å². The van der Waals surface area contributed by atoms with Crippen LogP contribution in [0.25, 0.3) is 5.69 Å². The molecular weight excluding hydrogens is 344 g/mol. The Labute approximate surface area is 152 Å². The summed E-state index contributed by atoms with van der Waals surface area (Å²) in [7, 11) is 1.59. The number of hydrogen-bond donors (Lipinski definition) is 2. The van der Waals surface area contributed by atoms with Crippen molar-refractivity contribution in [1.29, 1.82) is 0 Å². The van der Waals surface area contributed by atoms with Gasteiger partial charge in [0.1, 0.15) is 11.4 Å². The number of nitrogens with one attached hydrogen (secondary N) is 2. The third kappa shape index (κ3) is 4.67. The number of aryl methyl sites for hydroxylation is 1. The lowest BCUT2D eigenvalue weighted by Crippen LogP contribution is -2.15. The van der Waals surface area contributed by atoms with Crippen molar-refractivity contribution in [3.63, 3.8) is 0 Å². The first-order valence-electron chi connectivity index (χ1n) is 8.11. The normalized spacial score (nSPS) is 16.3. The number of carbonyl (C=O) groups excluding carboxylic acids is 1. The van der Waals surface area contributed by atoms with Crippen molar-refractivity contribution >= 4 is 24.0 Å². The van der Waals surface area contributed by atoms with Gasteiger partial charge < -0.3 is 15.4 Å². The molecule has 9 heteroatoms. The Hall–Kier alpha value is -2.19. The van der Waals surface area contributed by atoms with Crippen molar-refractivity contribution in [2.75, 3.05) is 25.5 Å². The van der Waals surface area contributed by atoms with Gasteiger partial charge in [-0.15, -0.1) is 17.5 Å². The topological polar surface area (TPSA) is 94.0 Å². The largest absolute Gasteiger partial charge is 0.494 e. The monoisotopic (exact) mass is 366 g/mol. The van der Waals surface area contributed by atoms with Gasteiger partial charge in [-0.3, -0.25) is 4.79 Å². The minimum atomic E-state index is 0. The highest BCUT2D eigenvalue weighted by Crippen LogP contribution is 2.26. The van der Waals surface area contributed by atoms with E-state index in [1.807, 2.05) is 12.1 Å². The molecule has 1 atom stereocenters. The van der Waals surface area contributed by atoms with Gasteiger partial charge in [0, 0.05) is 12.1 Å². The van der Waals surface area contributed by atoms with Crippen LogP contribution in [0.1, 0.15) is 25.1 Å². The molecule has 1 saturated heterocycles. The van der Waals surface area contributed by atoms with E-state index in [-0.39, 0.29) is 18.3 Å². The molecular formula is C16H23ClN6O2. The molecule has 0 spiro atoms. The van der Waals surface area contributed by atoms with E-state index in [1.54, 1.807) is 24.8 Å². The van der Waals surface area contributed by atoms with Gasteiger partial charge in [0.05, 0.1) is 7.11 Å². The first-order valence-corrected chi connectivity index (χ1v) is 8.11.